The average molecular weight is 373 g/mol. The van der Waals surface area contributed by atoms with E-state index in [2.05, 4.69) is 76.7 Å². The fraction of sp³-hybridized carbons (Fsp3) is 0. The largest absolute Gasteiger partial charge is 0.237 e. The van der Waals surface area contributed by atoms with Gasteiger partial charge in [0.25, 0.3) is 0 Å². The molecule has 0 spiro atoms. The van der Waals surface area contributed by atoms with Crippen LogP contribution in [-0.4, -0.2) is 9.97 Å². The van der Waals surface area contributed by atoms with E-state index in [0.717, 1.165) is 21.2 Å². The van der Waals surface area contributed by atoms with Gasteiger partial charge in [-0.1, -0.05) is 66.0 Å². The Morgan fingerprint density at radius 1 is 0.500 bits per heavy atom. The lowest BCUT2D eigenvalue weighted by Crippen LogP contribution is -1.92. The Morgan fingerprint density at radius 2 is 1.00 bits per heavy atom. The van der Waals surface area contributed by atoms with Crippen LogP contribution in [0.15, 0.2) is 117 Å². The number of nitrogens with zero attached hydrogens (tertiary/aromatic N) is 2. The minimum atomic E-state index is 0.755. The van der Waals surface area contributed by atoms with Gasteiger partial charge in [-0.05, 0) is 42.5 Å². The molecule has 0 saturated heterocycles. The van der Waals surface area contributed by atoms with Gasteiger partial charge in [0.05, 0.1) is 0 Å². The van der Waals surface area contributed by atoms with Gasteiger partial charge in [0.1, 0.15) is 0 Å². The first-order valence-corrected chi connectivity index (χ1v) is 9.90. The number of hydrogen-bond donors (Lipinski definition) is 0. The molecule has 0 unspecified atom stereocenters. The molecule has 26 heavy (non-hydrogen) atoms. The third-order valence-electron chi connectivity index (χ3n) is 3.72. The van der Waals surface area contributed by atoms with E-state index in [1.165, 1.54) is 9.79 Å². The minimum absolute atomic E-state index is 0.755. The normalized spacial score (nSPS) is 10.6. The summed E-state index contributed by atoms with van der Waals surface area (Å²) in [6.45, 7) is 0. The van der Waals surface area contributed by atoms with Crippen molar-refractivity contribution in [2.75, 3.05) is 0 Å². The van der Waals surface area contributed by atoms with E-state index in [9.17, 15) is 0 Å². The maximum atomic E-state index is 4.52. The zero-order valence-corrected chi connectivity index (χ0v) is 15.6. The minimum Gasteiger partial charge on any atom is -0.237 e. The van der Waals surface area contributed by atoms with Crippen LogP contribution >= 0.6 is 23.5 Å². The van der Waals surface area contributed by atoms with Crippen molar-refractivity contribution in [1.29, 1.82) is 0 Å². The lowest BCUT2D eigenvalue weighted by molar-refractivity contribution is 1.13. The molecule has 4 heteroatoms. The van der Waals surface area contributed by atoms with Crippen molar-refractivity contribution >= 4 is 23.5 Å². The first kappa shape index (κ1) is 16.9. The molecule has 1 heterocycles. The highest BCUT2D eigenvalue weighted by Gasteiger charge is 2.15. The van der Waals surface area contributed by atoms with Crippen LogP contribution < -0.4 is 0 Å². The molecule has 0 aliphatic carbocycles. The molecular weight excluding hydrogens is 356 g/mol. The summed E-state index contributed by atoms with van der Waals surface area (Å²) < 4.78 is 0. The van der Waals surface area contributed by atoms with E-state index < -0.39 is 0 Å². The summed E-state index contributed by atoms with van der Waals surface area (Å²) in [5.74, 6) is 0.755. The molecule has 0 aliphatic heterocycles. The Hall–Kier alpha value is -2.56. The lowest BCUT2D eigenvalue weighted by atomic mass is 10.2. The van der Waals surface area contributed by atoms with Gasteiger partial charge in [0.15, 0.2) is 5.82 Å². The summed E-state index contributed by atoms with van der Waals surface area (Å²) in [6, 6.07) is 29.0. The molecule has 0 aliphatic rings. The van der Waals surface area contributed by atoms with Crippen LogP contribution in [0.3, 0.4) is 0 Å². The highest BCUT2D eigenvalue weighted by molar-refractivity contribution is 8.00. The van der Waals surface area contributed by atoms with Crippen molar-refractivity contribution in [1.82, 2.24) is 9.97 Å². The van der Waals surface area contributed by atoms with Gasteiger partial charge in [-0.3, -0.25) is 0 Å². The zero-order chi connectivity index (χ0) is 17.6. The van der Waals surface area contributed by atoms with Gasteiger partial charge < -0.3 is 0 Å². The average Bonchev–Trinajstić information content (AvgIpc) is 2.70. The molecule has 2 nitrogen and oxygen atoms in total. The summed E-state index contributed by atoms with van der Waals surface area (Å²) in [6.07, 6.45) is 3.59. The van der Waals surface area contributed by atoms with Gasteiger partial charge in [0, 0.05) is 37.5 Å². The van der Waals surface area contributed by atoms with Crippen molar-refractivity contribution < 1.29 is 0 Å². The summed E-state index contributed by atoms with van der Waals surface area (Å²) >= 11 is 3.48. The maximum absolute atomic E-state index is 4.52. The summed E-state index contributed by atoms with van der Waals surface area (Å²) in [5, 5.41) is 0. The smallest absolute Gasteiger partial charge is 0.161 e. The second-order valence-corrected chi connectivity index (χ2v) is 7.76. The maximum Gasteiger partial charge on any atom is 0.161 e. The molecule has 3 aromatic carbocycles. The Balaban J connectivity index is 1.79. The van der Waals surface area contributed by atoms with Crippen LogP contribution in [0.1, 0.15) is 0 Å². The predicted octanol–water partition coefficient (Wildman–Crippen LogP) is 6.45. The molecule has 0 saturated carbocycles. The molecule has 0 fully saturated rings. The third kappa shape index (κ3) is 3.98. The Morgan fingerprint density at radius 3 is 1.50 bits per heavy atom. The fourth-order valence-corrected chi connectivity index (χ4v) is 4.62. The number of aromatic nitrogens is 2. The lowest BCUT2D eigenvalue weighted by Gasteiger charge is -2.13. The first-order chi connectivity index (χ1) is 12.9. The van der Waals surface area contributed by atoms with E-state index in [0.29, 0.717) is 0 Å². The number of rotatable bonds is 5. The molecule has 0 radical (unpaired) electrons. The number of hydrogen-bond acceptors (Lipinski definition) is 4. The van der Waals surface area contributed by atoms with E-state index in [-0.39, 0.29) is 0 Å². The van der Waals surface area contributed by atoms with Gasteiger partial charge in [-0.15, -0.1) is 0 Å². The van der Waals surface area contributed by atoms with Crippen molar-refractivity contribution in [2.45, 2.75) is 19.6 Å². The van der Waals surface area contributed by atoms with E-state index >= 15 is 0 Å². The second kappa shape index (κ2) is 8.21. The SMILES string of the molecule is c1ccc(Sc2cccc(Sc3ccccc3)c2-c2ncccn2)cc1. The highest BCUT2D eigenvalue weighted by atomic mass is 32.2. The molecule has 0 bridgehead atoms. The van der Waals surface area contributed by atoms with Crippen LogP contribution in [0, 0.1) is 0 Å². The fourth-order valence-electron chi connectivity index (χ4n) is 2.56. The van der Waals surface area contributed by atoms with Crippen molar-refractivity contribution in [3.63, 3.8) is 0 Å². The monoisotopic (exact) mass is 372 g/mol. The van der Waals surface area contributed by atoms with Gasteiger partial charge in [0.2, 0.25) is 0 Å². The molecule has 126 valence electrons. The van der Waals surface area contributed by atoms with Crippen LogP contribution in [0.2, 0.25) is 0 Å². The van der Waals surface area contributed by atoms with E-state index in [4.69, 9.17) is 0 Å². The van der Waals surface area contributed by atoms with Gasteiger partial charge in [-0.2, -0.15) is 0 Å². The Labute approximate surface area is 161 Å². The summed E-state index contributed by atoms with van der Waals surface area (Å²) in [5.41, 5.74) is 1.08. The Bertz CT molecular complexity index is 915. The zero-order valence-electron chi connectivity index (χ0n) is 13.9. The van der Waals surface area contributed by atoms with Crippen molar-refractivity contribution in [3.05, 3.63) is 97.3 Å². The quantitative estimate of drug-likeness (QED) is 0.402. The first-order valence-electron chi connectivity index (χ1n) is 8.26. The highest BCUT2D eigenvalue weighted by Crippen LogP contribution is 2.42. The van der Waals surface area contributed by atoms with Crippen molar-refractivity contribution in [3.8, 4) is 11.4 Å². The van der Waals surface area contributed by atoms with Crippen LogP contribution in [0.5, 0.6) is 0 Å². The van der Waals surface area contributed by atoms with Gasteiger partial charge >= 0.3 is 0 Å². The molecule has 0 atom stereocenters. The van der Waals surface area contributed by atoms with Crippen molar-refractivity contribution in [2.24, 2.45) is 0 Å². The Kier molecular flexibility index (Phi) is 5.33. The molecule has 0 amide bonds. The molecule has 0 N–H and O–H groups in total. The molecule has 4 rings (SSSR count). The van der Waals surface area contributed by atoms with Crippen LogP contribution in [0.25, 0.3) is 11.4 Å². The molecule has 1 aromatic heterocycles. The summed E-state index contributed by atoms with van der Waals surface area (Å²) in [4.78, 5) is 13.7. The van der Waals surface area contributed by atoms with Crippen LogP contribution in [-0.2, 0) is 0 Å². The van der Waals surface area contributed by atoms with Gasteiger partial charge in [-0.25, -0.2) is 9.97 Å². The molecular formula is C22H16N2S2. The number of benzene rings is 3. The topological polar surface area (TPSA) is 25.8 Å². The second-order valence-electron chi connectivity index (χ2n) is 5.53. The standard InChI is InChI=1S/C22H16N2S2/c1-3-9-17(10-4-1)25-19-13-7-14-20(26-18-11-5-2-6-12-18)21(19)22-23-15-8-16-24-22/h1-16H. The third-order valence-corrected chi connectivity index (χ3v) is 5.86. The van der Waals surface area contributed by atoms with E-state index in [1.807, 2.05) is 18.2 Å². The van der Waals surface area contributed by atoms with Crippen LogP contribution in [0.4, 0.5) is 0 Å². The van der Waals surface area contributed by atoms with E-state index in [1.54, 1.807) is 35.9 Å². The summed E-state index contributed by atoms with van der Waals surface area (Å²) in [7, 11) is 0. The molecule has 4 aromatic rings. The predicted molar refractivity (Wildman–Crippen MR) is 109 cm³/mol.